The summed E-state index contributed by atoms with van der Waals surface area (Å²) in [5, 5.41) is 21.0. The summed E-state index contributed by atoms with van der Waals surface area (Å²) in [6.45, 7) is 4.57. The summed E-state index contributed by atoms with van der Waals surface area (Å²) in [5.41, 5.74) is 0.939. The average Bonchev–Trinajstić information content (AvgIpc) is 2.35. The lowest BCUT2D eigenvalue weighted by molar-refractivity contribution is 0.243. The number of nitriles is 1. The van der Waals surface area contributed by atoms with E-state index in [9.17, 15) is 4.39 Å². The Morgan fingerprint density at radius 1 is 1.44 bits per heavy atom. The first-order valence-electron chi connectivity index (χ1n) is 6.11. The van der Waals surface area contributed by atoms with Gasteiger partial charge in [-0.05, 0) is 30.5 Å². The van der Waals surface area contributed by atoms with Gasteiger partial charge in [0.2, 0.25) is 0 Å². The molecule has 0 saturated carbocycles. The van der Waals surface area contributed by atoms with Gasteiger partial charge < -0.3 is 10.4 Å². The number of aliphatic hydroxyl groups is 1. The zero-order valence-electron chi connectivity index (χ0n) is 10.8. The van der Waals surface area contributed by atoms with Crippen LogP contribution in [0.25, 0.3) is 0 Å². The number of hydrogen-bond donors (Lipinski definition) is 2. The molecule has 0 fully saturated rings. The molecular weight excluding hydrogens is 231 g/mol. The van der Waals surface area contributed by atoms with Crippen LogP contribution in [0.15, 0.2) is 18.2 Å². The third kappa shape index (κ3) is 4.10. The van der Waals surface area contributed by atoms with Crippen molar-refractivity contribution < 1.29 is 9.50 Å². The zero-order chi connectivity index (χ0) is 13.5. The summed E-state index contributed by atoms with van der Waals surface area (Å²) >= 11 is 0. The van der Waals surface area contributed by atoms with Gasteiger partial charge in [-0.15, -0.1) is 0 Å². The van der Waals surface area contributed by atoms with Crippen molar-refractivity contribution in [1.29, 1.82) is 5.26 Å². The Hall–Kier alpha value is -1.44. The van der Waals surface area contributed by atoms with Gasteiger partial charge in [-0.2, -0.15) is 5.26 Å². The van der Waals surface area contributed by atoms with Crippen LogP contribution in [0.3, 0.4) is 0 Å². The Morgan fingerprint density at radius 2 is 2.17 bits per heavy atom. The lowest BCUT2D eigenvalue weighted by atomic mass is 10.0. The molecule has 0 aromatic heterocycles. The fourth-order valence-corrected chi connectivity index (χ4v) is 1.83. The number of aliphatic hydroxyl groups excluding tert-OH is 1. The van der Waals surface area contributed by atoms with Crippen LogP contribution < -0.4 is 5.32 Å². The molecule has 1 unspecified atom stereocenters. The molecule has 3 nitrogen and oxygen atoms in total. The first kappa shape index (κ1) is 14.6. The van der Waals surface area contributed by atoms with Crippen molar-refractivity contribution in [1.82, 2.24) is 5.32 Å². The molecule has 0 aliphatic heterocycles. The van der Waals surface area contributed by atoms with E-state index in [1.807, 2.05) is 6.07 Å². The second-order valence-electron chi connectivity index (χ2n) is 4.66. The SMILES string of the molecule is CC(C)C(CCO)NCc1cc(C#N)ccc1F. The van der Waals surface area contributed by atoms with Gasteiger partial charge in [0, 0.05) is 24.8 Å². The first-order valence-corrected chi connectivity index (χ1v) is 6.11. The van der Waals surface area contributed by atoms with Gasteiger partial charge in [-0.25, -0.2) is 4.39 Å². The maximum Gasteiger partial charge on any atom is 0.127 e. The van der Waals surface area contributed by atoms with E-state index in [0.717, 1.165) is 0 Å². The van der Waals surface area contributed by atoms with Gasteiger partial charge in [0.15, 0.2) is 0 Å². The summed E-state index contributed by atoms with van der Waals surface area (Å²) in [6.07, 6.45) is 0.636. The van der Waals surface area contributed by atoms with E-state index in [2.05, 4.69) is 19.2 Å². The number of hydrogen-bond acceptors (Lipinski definition) is 3. The molecule has 0 amide bonds. The maximum atomic E-state index is 13.5. The Morgan fingerprint density at radius 3 is 2.72 bits per heavy atom. The second kappa shape index (κ2) is 7.10. The summed E-state index contributed by atoms with van der Waals surface area (Å²) in [6, 6.07) is 6.47. The smallest absolute Gasteiger partial charge is 0.127 e. The Kier molecular flexibility index (Phi) is 5.76. The third-order valence-electron chi connectivity index (χ3n) is 2.97. The summed E-state index contributed by atoms with van der Waals surface area (Å²) in [5.74, 6) is 0.0485. The van der Waals surface area contributed by atoms with E-state index >= 15 is 0 Å². The van der Waals surface area contributed by atoms with Crippen molar-refractivity contribution in [3.63, 3.8) is 0 Å². The second-order valence-corrected chi connectivity index (χ2v) is 4.66. The highest BCUT2D eigenvalue weighted by molar-refractivity contribution is 5.33. The molecule has 1 aromatic carbocycles. The molecule has 0 radical (unpaired) electrons. The van der Waals surface area contributed by atoms with Crippen LogP contribution in [0.5, 0.6) is 0 Å². The molecule has 2 N–H and O–H groups in total. The molecule has 0 spiro atoms. The predicted octanol–water partition coefficient (Wildman–Crippen LogP) is 2.19. The van der Waals surface area contributed by atoms with Crippen LogP contribution in [0.2, 0.25) is 0 Å². The van der Waals surface area contributed by atoms with Gasteiger partial charge in [0.25, 0.3) is 0 Å². The van der Waals surface area contributed by atoms with Crippen LogP contribution in [0.4, 0.5) is 4.39 Å². The van der Waals surface area contributed by atoms with Crippen LogP contribution >= 0.6 is 0 Å². The maximum absolute atomic E-state index is 13.5. The minimum absolute atomic E-state index is 0.108. The molecule has 0 aliphatic carbocycles. The van der Waals surface area contributed by atoms with Crippen LogP contribution in [-0.4, -0.2) is 17.8 Å². The Bertz CT molecular complexity index is 426. The Balaban J connectivity index is 2.70. The highest BCUT2D eigenvalue weighted by Crippen LogP contribution is 2.12. The highest BCUT2D eigenvalue weighted by atomic mass is 19.1. The standard InChI is InChI=1S/C14H19FN2O/c1-10(2)14(5-6-18)17-9-12-7-11(8-16)3-4-13(12)15/h3-4,7,10,14,17-18H,5-6,9H2,1-2H3. The van der Waals surface area contributed by atoms with Gasteiger partial charge in [0.1, 0.15) is 5.82 Å². The van der Waals surface area contributed by atoms with Crippen molar-refractivity contribution in [2.24, 2.45) is 5.92 Å². The van der Waals surface area contributed by atoms with Crippen molar-refractivity contribution >= 4 is 0 Å². The van der Waals surface area contributed by atoms with Gasteiger partial charge in [-0.1, -0.05) is 13.8 Å². The van der Waals surface area contributed by atoms with Crippen molar-refractivity contribution in [2.75, 3.05) is 6.61 Å². The molecule has 1 atom stereocenters. The van der Waals surface area contributed by atoms with Gasteiger partial charge in [0.05, 0.1) is 11.6 Å². The van der Waals surface area contributed by atoms with Crippen molar-refractivity contribution in [3.05, 3.63) is 35.1 Å². The molecular formula is C14H19FN2O. The molecule has 1 rings (SSSR count). The number of nitrogens with zero attached hydrogens (tertiary/aromatic N) is 1. The summed E-state index contributed by atoms with van der Waals surface area (Å²) in [4.78, 5) is 0. The lowest BCUT2D eigenvalue weighted by Gasteiger charge is -2.21. The molecule has 0 aliphatic rings. The number of halogens is 1. The largest absolute Gasteiger partial charge is 0.396 e. The van der Waals surface area contributed by atoms with E-state index in [0.29, 0.717) is 30.0 Å². The molecule has 4 heteroatoms. The van der Waals surface area contributed by atoms with Crippen LogP contribution in [0.1, 0.15) is 31.4 Å². The summed E-state index contributed by atoms with van der Waals surface area (Å²) < 4.78 is 13.5. The predicted molar refractivity (Wildman–Crippen MR) is 68.3 cm³/mol. The molecule has 0 heterocycles. The minimum Gasteiger partial charge on any atom is -0.396 e. The quantitative estimate of drug-likeness (QED) is 0.813. The number of rotatable bonds is 6. The van der Waals surface area contributed by atoms with E-state index < -0.39 is 0 Å². The normalized spacial score (nSPS) is 12.4. The van der Waals surface area contributed by atoms with Crippen molar-refractivity contribution in [3.8, 4) is 6.07 Å². The molecule has 18 heavy (non-hydrogen) atoms. The van der Waals surface area contributed by atoms with Crippen LogP contribution in [-0.2, 0) is 6.54 Å². The minimum atomic E-state index is -0.312. The highest BCUT2D eigenvalue weighted by Gasteiger charge is 2.13. The summed E-state index contributed by atoms with van der Waals surface area (Å²) in [7, 11) is 0. The van der Waals surface area contributed by atoms with Crippen LogP contribution in [0, 0.1) is 23.1 Å². The molecule has 98 valence electrons. The van der Waals surface area contributed by atoms with Gasteiger partial charge >= 0.3 is 0 Å². The number of benzene rings is 1. The first-order chi connectivity index (χ1) is 8.58. The van der Waals surface area contributed by atoms with E-state index in [-0.39, 0.29) is 18.5 Å². The fraction of sp³-hybridized carbons (Fsp3) is 0.500. The zero-order valence-corrected chi connectivity index (χ0v) is 10.8. The van der Waals surface area contributed by atoms with E-state index in [1.54, 1.807) is 6.07 Å². The third-order valence-corrected chi connectivity index (χ3v) is 2.97. The van der Waals surface area contributed by atoms with Crippen molar-refractivity contribution in [2.45, 2.75) is 32.9 Å². The Labute approximate surface area is 107 Å². The average molecular weight is 250 g/mol. The molecule has 1 aromatic rings. The van der Waals surface area contributed by atoms with Gasteiger partial charge in [-0.3, -0.25) is 0 Å². The van der Waals surface area contributed by atoms with E-state index in [1.165, 1.54) is 12.1 Å². The monoisotopic (exact) mass is 250 g/mol. The lowest BCUT2D eigenvalue weighted by Crippen LogP contribution is -2.34. The number of nitrogens with one attached hydrogen (secondary N) is 1. The topological polar surface area (TPSA) is 56.0 Å². The molecule has 0 saturated heterocycles. The fourth-order valence-electron chi connectivity index (χ4n) is 1.83. The molecule has 0 bridgehead atoms. The van der Waals surface area contributed by atoms with E-state index in [4.69, 9.17) is 10.4 Å².